The molecular weight excluding hydrogens is 421 g/mol. The highest BCUT2D eigenvalue weighted by atomic mass is 19.2. The van der Waals surface area contributed by atoms with E-state index in [9.17, 15) is 13.2 Å². The lowest BCUT2D eigenvalue weighted by molar-refractivity contribution is -0.0207. The summed E-state index contributed by atoms with van der Waals surface area (Å²) in [7, 11) is 0. The van der Waals surface area contributed by atoms with Crippen molar-refractivity contribution in [2.24, 2.45) is 5.92 Å². The van der Waals surface area contributed by atoms with Crippen LogP contribution in [0.25, 0.3) is 22.3 Å². The van der Waals surface area contributed by atoms with E-state index in [0.717, 1.165) is 36.8 Å². The van der Waals surface area contributed by atoms with Crippen molar-refractivity contribution in [3.8, 4) is 22.3 Å². The van der Waals surface area contributed by atoms with Gasteiger partial charge in [0.2, 0.25) is 0 Å². The quantitative estimate of drug-likeness (QED) is 0.342. The molecule has 1 aliphatic rings. The maximum absolute atomic E-state index is 15.0. The summed E-state index contributed by atoms with van der Waals surface area (Å²) < 4.78 is 49.2. The molecule has 1 nitrogen and oxygen atoms in total. The summed E-state index contributed by atoms with van der Waals surface area (Å²) in [6, 6.07) is 15.4. The fraction of sp³-hybridized carbons (Fsp3) is 0.310. The van der Waals surface area contributed by atoms with E-state index in [-0.39, 0.29) is 23.0 Å². The smallest absolute Gasteiger partial charge is 0.166 e. The van der Waals surface area contributed by atoms with Gasteiger partial charge < -0.3 is 4.74 Å². The Morgan fingerprint density at radius 2 is 1.61 bits per heavy atom. The molecule has 0 aliphatic carbocycles. The minimum absolute atomic E-state index is 0.209. The largest absolute Gasteiger partial charge is 0.373 e. The predicted octanol–water partition coefficient (Wildman–Crippen LogP) is 8.57. The third-order valence-electron chi connectivity index (χ3n) is 6.50. The zero-order chi connectivity index (χ0) is 23.4. The van der Waals surface area contributed by atoms with Gasteiger partial charge in [-0.15, -0.1) is 0 Å². The Morgan fingerprint density at radius 1 is 0.879 bits per heavy atom. The molecule has 2 atom stereocenters. The van der Waals surface area contributed by atoms with Gasteiger partial charge in [0.15, 0.2) is 11.6 Å². The van der Waals surface area contributed by atoms with Gasteiger partial charge in [-0.05, 0) is 73.8 Å². The maximum atomic E-state index is 15.0. The molecule has 0 saturated carbocycles. The zero-order valence-corrected chi connectivity index (χ0v) is 19.1. The van der Waals surface area contributed by atoms with Gasteiger partial charge in [0, 0.05) is 11.1 Å². The number of benzene rings is 3. The van der Waals surface area contributed by atoms with Crippen LogP contribution in [0.1, 0.15) is 49.8 Å². The summed E-state index contributed by atoms with van der Waals surface area (Å²) in [6.07, 6.45) is 8.06. The molecule has 4 heteroatoms. The SMILES string of the molecule is C/C=C/CCC1CCC(c2ccc(-c3ccc(-c4ccc(C)c(F)c4F)cc3)cc2F)OC1. The van der Waals surface area contributed by atoms with E-state index >= 15 is 0 Å². The van der Waals surface area contributed by atoms with Crippen LogP contribution in [-0.4, -0.2) is 6.61 Å². The maximum Gasteiger partial charge on any atom is 0.166 e. The number of hydrogen-bond acceptors (Lipinski definition) is 1. The molecule has 3 aromatic rings. The van der Waals surface area contributed by atoms with Gasteiger partial charge in [0.1, 0.15) is 5.82 Å². The van der Waals surface area contributed by atoms with Crippen LogP contribution in [0.2, 0.25) is 0 Å². The Kier molecular flexibility index (Phi) is 7.34. The molecule has 33 heavy (non-hydrogen) atoms. The van der Waals surface area contributed by atoms with Gasteiger partial charge in [0.05, 0.1) is 12.7 Å². The van der Waals surface area contributed by atoms with Crippen molar-refractivity contribution in [1.29, 1.82) is 0 Å². The van der Waals surface area contributed by atoms with Crippen LogP contribution < -0.4 is 0 Å². The predicted molar refractivity (Wildman–Crippen MR) is 127 cm³/mol. The normalized spacial score (nSPS) is 18.7. The van der Waals surface area contributed by atoms with E-state index < -0.39 is 11.6 Å². The lowest BCUT2D eigenvalue weighted by atomic mass is 9.90. The molecule has 2 unspecified atom stereocenters. The third-order valence-corrected chi connectivity index (χ3v) is 6.50. The van der Waals surface area contributed by atoms with Gasteiger partial charge in [-0.2, -0.15) is 0 Å². The van der Waals surface area contributed by atoms with E-state index in [1.165, 1.54) is 13.0 Å². The molecule has 0 amide bonds. The Morgan fingerprint density at radius 3 is 2.27 bits per heavy atom. The van der Waals surface area contributed by atoms with E-state index in [1.54, 1.807) is 42.5 Å². The van der Waals surface area contributed by atoms with E-state index in [1.807, 2.05) is 13.0 Å². The second-order valence-corrected chi connectivity index (χ2v) is 8.78. The molecule has 0 aromatic heterocycles. The molecule has 4 rings (SSSR count). The van der Waals surface area contributed by atoms with Gasteiger partial charge in [-0.25, -0.2) is 13.2 Å². The van der Waals surface area contributed by atoms with Crippen molar-refractivity contribution >= 4 is 0 Å². The summed E-state index contributed by atoms with van der Waals surface area (Å²) in [4.78, 5) is 0. The molecule has 0 bridgehead atoms. The van der Waals surface area contributed by atoms with Gasteiger partial charge >= 0.3 is 0 Å². The minimum Gasteiger partial charge on any atom is -0.373 e. The highest BCUT2D eigenvalue weighted by molar-refractivity contribution is 5.71. The molecule has 1 heterocycles. The average molecular weight is 451 g/mol. The van der Waals surface area contributed by atoms with Crippen molar-refractivity contribution in [2.45, 2.75) is 45.6 Å². The van der Waals surface area contributed by atoms with Crippen LogP contribution >= 0.6 is 0 Å². The van der Waals surface area contributed by atoms with Crippen LogP contribution in [0.5, 0.6) is 0 Å². The van der Waals surface area contributed by atoms with Crippen LogP contribution in [0, 0.1) is 30.3 Å². The topological polar surface area (TPSA) is 9.23 Å². The lowest BCUT2D eigenvalue weighted by Crippen LogP contribution is -2.21. The van der Waals surface area contributed by atoms with Crippen molar-refractivity contribution in [2.75, 3.05) is 6.61 Å². The molecule has 172 valence electrons. The van der Waals surface area contributed by atoms with Crippen LogP contribution in [0.15, 0.2) is 66.7 Å². The molecule has 1 saturated heterocycles. The summed E-state index contributed by atoms with van der Waals surface area (Å²) in [5.41, 5.74) is 3.20. The molecule has 0 spiro atoms. The van der Waals surface area contributed by atoms with Gasteiger partial charge in [0.25, 0.3) is 0 Å². The minimum atomic E-state index is -0.852. The van der Waals surface area contributed by atoms with Crippen molar-refractivity contribution in [3.63, 3.8) is 0 Å². The highest BCUT2D eigenvalue weighted by Crippen LogP contribution is 2.35. The zero-order valence-electron chi connectivity index (χ0n) is 19.1. The number of hydrogen-bond donors (Lipinski definition) is 0. The van der Waals surface area contributed by atoms with Crippen LogP contribution in [0.4, 0.5) is 13.2 Å². The first-order valence-electron chi connectivity index (χ1n) is 11.6. The molecule has 3 aromatic carbocycles. The van der Waals surface area contributed by atoms with Crippen molar-refractivity contribution in [1.82, 2.24) is 0 Å². The second-order valence-electron chi connectivity index (χ2n) is 8.78. The molecule has 0 radical (unpaired) electrons. The van der Waals surface area contributed by atoms with Crippen molar-refractivity contribution < 1.29 is 17.9 Å². The number of ether oxygens (including phenoxy) is 1. The summed E-state index contributed by atoms with van der Waals surface area (Å²) >= 11 is 0. The van der Waals surface area contributed by atoms with Gasteiger partial charge in [-0.3, -0.25) is 0 Å². The first kappa shape index (κ1) is 23.3. The second kappa shape index (κ2) is 10.4. The van der Waals surface area contributed by atoms with E-state index in [4.69, 9.17) is 4.74 Å². The first-order valence-corrected chi connectivity index (χ1v) is 11.6. The molecule has 1 fully saturated rings. The fourth-order valence-electron chi connectivity index (χ4n) is 4.46. The number of allylic oxidation sites excluding steroid dienone is 2. The van der Waals surface area contributed by atoms with E-state index in [0.29, 0.717) is 23.7 Å². The Bertz CT molecular complexity index is 1130. The summed E-state index contributed by atoms with van der Waals surface area (Å²) in [6.45, 7) is 4.23. The molecule has 1 aliphatic heterocycles. The monoisotopic (exact) mass is 450 g/mol. The Labute approximate surface area is 193 Å². The summed E-state index contributed by atoms with van der Waals surface area (Å²) in [5, 5.41) is 0. The highest BCUT2D eigenvalue weighted by Gasteiger charge is 2.25. The van der Waals surface area contributed by atoms with Crippen molar-refractivity contribution in [3.05, 3.63) is 95.3 Å². The Hall–Kier alpha value is -2.85. The van der Waals surface area contributed by atoms with Crippen LogP contribution in [0.3, 0.4) is 0 Å². The molecule has 0 N–H and O–H groups in total. The first-order chi connectivity index (χ1) is 16.0. The number of aryl methyl sites for hydroxylation is 1. The lowest BCUT2D eigenvalue weighted by Gasteiger charge is -2.29. The summed E-state index contributed by atoms with van der Waals surface area (Å²) in [5.74, 6) is -1.43. The van der Waals surface area contributed by atoms with E-state index in [2.05, 4.69) is 12.2 Å². The Balaban J connectivity index is 1.46. The third kappa shape index (κ3) is 5.22. The standard InChI is InChI=1S/C29H29F3O/c1-3-4-5-6-20-8-16-27(33-18-20)25-15-13-23(17-26(25)30)21-9-11-22(12-10-21)24-14-7-19(2)28(31)29(24)32/h3-4,7,9-15,17,20,27H,5-6,8,16,18H2,1-2H3/b4-3+. The average Bonchev–Trinajstić information content (AvgIpc) is 2.83. The van der Waals surface area contributed by atoms with Crippen LogP contribution in [-0.2, 0) is 4.74 Å². The fourth-order valence-corrected chi connectivity index (χ4v) is 4.46. The number of halogens is 3. The van der Waals surface area contributed by atoms with Gasteiger partial charge in [-0.1, -0.05) is 60.7 Å². The molecular formula is C29H29F3O. The number of rotatable bonds is 6.